The molecule has 0 fully saturated rings. The number of aromatic amines is 1. The highest BCUT2D eigenvalue weighted by molar-refractivity contribution is 7.84. The van der Waals surface area contributed by atoms with Crippen LogP contribution in [0.5, 0.6) is 5.88 Å². The van der Waals surface area contributed by atoms with E-state index >= 15 is 0 Å². The van der Waals surface area contributed by atoms with E-state index in [1.54, 1.807) is 11.3 Å². The number of nitrogens with zero attached hydrogens (tertiary/aromatic N) is 5. The number of rotatable bonds is 9. The fourth-order valence-corrected chi connectivity index (χ4v) is 4.12. The minimum absolute atomic E-state index is 0.112. The number of H-pyrrole nitrogens is 1. The Morgan fingerprint density at radius 3 is 2.54 bits per heavy atom. The van der Waals surface area contributed by atoms with Crippen molar-refractivity contribution in [2.75, 3.05) is 26.0 Å². The molecule has 0 saturated carbocycles. The number of para-hydroxylation sites is 2. The van der Waals surface area contributed by atoms with Gasteiger partial charge in [-0.25, -0.2) is 15.0 Å². The molecule has 0 radical (unpaired) electrons. The molecule has 1 aromatic carbocycles. The number of aromatic nitrogens is 5. The van der Waals surface area contributed by atoms with Crippen LogP contribution in [0.3, 0.4) is 0 Å². The van der Waals surface area contributed by atoms with E-state index < -0.39 is 10.3 Å². The molecule has 188 valence electrons. The molecule has 0 bridgehead atoms. The van der Waals surface area contributed by atoms with Gasteiger partial charge >= 0.3 is 10.3 Å². The zero-order chi connectivity index (χ0) is 25.4. The number of aryl methyl sites for hydroxylation is 1. The largest absolute Gasteiger partial charge is 0.386 e. The van der Waals surface area contributed by atoms with Crippen molar-refractivity contribution in [3.05, 3.63) is 46.4 Å². The van der Waals surface area contributed by atoms with E-state index in [0.717, 1.165) is 51.0 Å². The van der Waals surface area contributed by atoms with Gasteiger partial charge in [0, 0.05) is 37.3 Å². The molecule has 0 aliphatic rings. The highest BCUT2D eigenvalue weighted by atomic mass is 32.2. The van der Waals surface area contributed by atoms with Crippen LogP contribution in [0.15, 0.2) is 35.2 Å². The van der Waals surface area contributed by atoms with Gasteiger partial charge in [-0.15, -0.1) is 11.3 Å². The second kappa shape index (κ2) is 12.0. The van der Waals surface area contributed by atoms with Crippen molar-refractivity contribution in [1.82, 2.24) is 29.2 Å². The van der Waals surface area contributed by atoms with Gasteiger partial charge < -0.3 is 14.5 Å². The third-order valence-corrected chi connectivity index (χ3v) is 6.84. The van der Waals surface area contributed by atoms with Crippen LogP contribution in [0, 0.1) is 6.92 Å². The number of hydrogen-bond acceptors (Lipinski definition) is 9. The Labute approximate surface area is 210 Å². The van der Waals surface area contributed by atoms with Crippen LogP contribution in [0.2, 0.25) is 0 Å². The van der Waals surface area contributed by atoms with Crippen LogP contribution in [-0.4, -0.2) is 58.3 Å². The van der Waals surface area contributed by atoms with Crippen molar-refractivity contribution in [3.8, 4) is 17.4 Å². The maximum atomic E-state index is 11.9. The SMILES string of the molecule is CCCCc1c(C)nc(NCC)nc1OS(=O)(=O)N(C)C.c1ccc2[nH]c(-c3cscn3)nc2c1. The van der Waals surface area contributed by atoms with Gasteiger partial charge in [-0.3, -0.25) is 0 Å². The number of hydrogen-bond donors (Lipinski definition) is 2. The number of thiazole rings is 1. The Hall–Kier alpha value is -3.09. The molecular weight excluding hydrogens is 486 g/mol. The molecule has 2 N–H and O–H groups in total. The van der Waals surface area contributed by atoms with Crippen molar-refractivity contribution in [1.29, 1.82) is 0 Å². The Bertz CT molecular complexity index is 1300. The van der Waals surface area contributed by atoms with Gasteiger partial charge in [-0.05, 0) is 38.8 Å². The summed E-state index contributed by atoms with van der Waals surface area (Å²) in [7, 11) is -0.998. The first kappa shape index (κ1) is 26.5. The van der Waals surface area contributed by atoms with Crippen molar-refractivity contribution in [3.63, 3.8) is 0 Å². The number of nitrogens with one attached hydrogen (secondary N) is 2. The molecule has 12 heteroatoms. The third-order valence-electron chi connectivity index (χ3n) is 4.99. The normalized spacial score (nSPS) is 11.4. The molecule has 0 unspecified atom stereocenters. The van der Waals surface area contributed by atoms with Crippen LogP contribution in [0.4, 0.5) is 5.95 Å². The predicted octanol–water partition coefficient (Wildman–Crippen LogP) is 4.43. The van der Waals surface area contributed by atoms with Crippen molar-refractivity contribution in [2.24, 2.45) is 0 Å². The monoisotopic (exact) mass is 517 g/mol. The standard InChI is InChI=1S/C13H24N4O3S.C10H7N3S/c1-6-8-9-11-10(3)15-13(14-7-2)16-12(11)20-21(18,19)17(4)5;1-2-4-8-7(3-1)12-10(13-8)9-5-14-6-11-9/h6-9H2,1-5H3,(H,14,15,16);1-6H,(H,12,13). The summed E-state index contributed by atoms with van der Waals surface area (Å²) in [5.41, 5.74) is 6.22. The van der Waals surface area contributed by atoms with Gasteiger partial charge in [0.1, 0.15) is 5.69 Å². The Balaban J connectivity index is 0.000000209. The molecule has 4 aromatic rings. The van der Waals surface area contributed by atoms with E-state index in [0.29, 0.717) is 18.9 Å². The van der Waals surface area contributed by atoms with E-state index in [-0.39, 0.29) is 5.88 Å². The predicted molar refractivity (Wildman–Crippen MR) is 140 cm³/mol. The number of unbranched alkanes of at least 4 members (excludes halogenated alkanes) is 1. The van der Waals surface area contributed by atoms with E-state index in [4.69, 9.17) is 4.18 Å². The third kappa shape index (κ3) is 6.96. The summed E-state index contributed by atoms with van der Waals surface area (Å²) in [6, 6.07) is 7.97. The average Bonchev–Trinajstić information content (AvgIpc) is 3.49. The van der Waals surface area contributed by atoms with Gasteiger partial charge in [-0.1, -0.05) is 25.5 Å². The lowest BCUT2D eigenvalue weighted by atomic mass is 10.1. The van der Waals surface area contributed by atoms with E-state index in [1.165, 1.54) is 14.1 Å². The quantitative estimate of drug-likeness (QED) is 0.334. The average molecular weight is 518 g/mol. The van der Waals surface area contributed by atoms with Gasteiger partial charge in [0.25, 0.3) is 0 Å². The molecule has 35 heavy (non-hydrogen) atoms. The lowest BCUT2D eigenvalue weighted by Gasteiger charge is -2.16. The minimum Gasteiger partial charge on any atom is -0.354 e. The number of anilines is 1. The molecule has 0 spiro atoms. The summed E-state index contributed by atoms with van der Waals surface area (Å²) >= 11 is 1.57. The molecule has 10 nitrogen and oxygen atoms in total. The van der Waals surface area contributed by atoms with Crippen molar-refractivity contribution >= 4 is 38.6 Å². The summed E-state index contributed by atoms with van der Waals surface area (Å²) in [4.78, 5) is 20.4. The zero-order valence-corrected chi connectivity index (χ0v) is 22.2. The molecule has 0 atom stereocenters. The number of fused-ring (bicyclic) bond motifs is 1. The highest BCUT2D eigenvalue weighted by Gasteiger charge is 2.21. The first-order valence-corrected chi connectivity index (χ1v) is 13.6. The fourth-order valence-electron chi connectivity index (χ4n) is 3.10. The van der Waals surface area contributed by atoms with Gasteiger partial charge in [0.05, 0.1) is 16.5 Å². The lowest BCUT2D eigenvalue weighted by Crippen LogP contribution is -2.28. The van der Waals surface area contributed by atoms with Crippen LogP contribution >= 0.6 is 11.3 Å². The first-order valence-electron chi connectivity index (χ1n) is 11.3. The molecular formula is C23H31N7O3S2. The lowest BCUT2D eigenvalue weighted by molar-refractivity contribution is 0.411. The summed E-state index contributed by atoms with van der Waals surface area (Å²) in [6.07, 6.45) is 2.60. The van der Waals surface area contributed by atoms with Crippen LogP contribution in [-0.2, 0) is 16.7 Å². The van der Waals surface area contributed by atoms with Crippen LogP contribution in [0.25, 0.3) is 22.6 Å². The molecule has 4 rings (SSSR count). The second-order valence-electron chi connectivity index (χ2n) is 7.85. The Morgan fingerprint density at radius 2 is 1.91 bits per heavy atom. The van der Waals surface area contributed by atoms with Gasteiger partial charge in [0.15, 0.2) is 5.82 Å². The van der Waals surface area contributed by atoms with E-state index in [2.05, 4.69) is 37.2 Å². The van der Waals surface area contributed by atoms with Crippen molar-refractivity contribution < 1.29 is 12.6 Å². The minimum atomic E-state index is -3.83. The summed E-state index contributed by atoms with van der Waals surface area (Å²) in [5.74, 6) is 1.33. The van der Waals surface area contributed by atoms with Crippen molar-refractivity contribution in [2.45, 2.75) is 40.0 Å². The molecule has 0 saturated heterocycles. The molecule has 0 amide bonds. The van der Waals surface area contributed by atoms with Gasteiger partial charge in [0.2, 0.25) is 11.8 Å². The molecule has 3 heterocycles. The highest BCUT2D eigenvalue weighted by Crippen LogP contribution is 2.24. The van der Waals surface area contributed by atoms with E-state index in [1.807, 2.05) is 49.0 Å². The molecule has 3 aromatic heterocycles. The van der Waals surface area contributed by atoms with E-state index in [9.17, 15) is 8.42 Å². The number of benzene rings is 1. The first-order chi connectivity index (χ1) is 16.7. The summed E-state index contributed by atoms with van der Waals surface area (Å²) < 4.78 is 30.0. The van der Waals surface area contributed by atoms with Gasteiger partial charge in [-0.2, -0.15) is 17.7 Å². The number of imidazole rings is 1. The summed E-state index contributed by atoms with van der Waals surface area (Å²) in [5, 5.41) is 4.96. The van der Waals surface area contributed by atoms with Crippen LogP contribution in [0.1, 0.15) is 37.9 Å². The van der Waals surface area contributed by atoms with Crippen LogP contribution < -0.4 is 9.50 Å². The maximum absolute atomic E-state index is 11.9. The molecule has 0 aliphatic carbocycles. The Kier molecular flexibility index (Phi) is 9.13. The topological polar surface area (TPSA) is 126 Å². The summed E-state index contributed by atoms with van der Waals surface area (Å²) in [6.45, 7) is 6.47. The molecule has 0 aliphatic heterocycles. The Morgan fingerprint density at radius 1 is 1.14 bits per heavy atom. The second-order valence-corrected chi connectivity index (χ2v) is 10.3. The zero-order valence-electron chi connectivity index (χ0n) is 20.6. The fraction of sp³-hybridized carbons (Fsp3) is 0.391. The maximum Gasteiger partial charge on any atom is 0.386 e. The smallest absolute Gasteiger partial charge is 0.354 e.